The van der Waals surface area contributed by atoms with Crippen LogP contribution >= 0.6 is 0 Å². The van der Waals surface area contributed by atoms with E-state index in [9.17, 15) is 5.11 Å². The van der Waals surface area contributed by atoms with Crippen molar-refractivity contribution in [2.45, 2.75) is 44.1 Å². The Morgan fingerprint density at radius 2 is 2.05 bits per heavy atom. The first-order valence-corrected chi connectivity index (χ1v) is 7.27. The monoisotopic (exact) mass is 294 g/mol. The Morgan fingerprint density at radius 1 is 1.29 bits per heavy atom. The Kier molecular flexibility index (Phi) is 4.03. The molecule has 5 heteroatoms. The van der Waals surface area contributed by atoms with Crippen molar-refractivity contribution in [3.05, 3.63) is 35.9 Å². The zero-order chi connectivity index (χ0) is 14.9. The van der Waals surface area contributed by atoms with Gasteiger partial charge in [-0.05, 0) is 19.4 Å². The van der Waals surface area contributed by atoms with Crippen molar-refractivity contribution in [1.82, 2.24) is 0 Å². The van der Waals surface area contributed by atoms with Crippen LogP contribution in [-0.2, 0) is 25.6 Å². The second kappa shape index (κ2) is 5.66. The average Bonchev–Trinajstić information content (AvgIpc) is 2.92. The van der Waals surface area contributed by atoms with Gasteiger partial charge < -0.3 is 24.1 Å². The van der Waals surface area contributed by atoms with Crippen molar-refractivity contribution < 1.29 is 24.1 Å². The van der Waals surface area contributed by atoms with E-state index in [2.05, 4.69) is 0 Å². The van der Waals surface area contributed by atoms with Crippen LogP contribution in [0.2, 0.25) is 0 Å². The fourth-order valence-corrected chi connectivity index (χ4v) is 3.02. The summed E-state index contributed by atoms with van der Waals surface area (Å²) in [5, 5.41) is 9.65. The van der Waals surface area contributed by atoms with E-state index >= 15 is 0 Å². The molecule has 2 aliphatic heterocycles. The molecular weight excluding hydrogens is 272 g/mol. The molecule has 0 amide bonds. The highest BCUT2D eigenvalue weighted by atomic mass is 16.8. The summed E-state index contributed by atoms with van der Waals surface area (Å²) in [5.41, 5.74) is 0.359. The number of aliphatic hydroxyl groups is 1. The lowest BCUT2D eigenvalue weighted by atomic mass is 9.98. The standard InChI is InChI=1S/C16H22O5/c1-15(2)20-14-13(19-11-16(14,10-17)21-15)9-18-8-12-6-4-3-5-7-12/h3-7,13-14,17H,8-11H2,1-2H3/t13-,14?,16?/m1/s1. The molecule has 2 unspecified atom stereocenters. The molecule has 0 aliphatic carbocycles. The van der Waals surface area contributed by atoms with Gasteiger partial charge in [0.15, 0.2) is 5.79 Å². The molecule has 0 spiro atoms. The molecule has 1 aromatic carbocycles. The number of ether oxygens (including phenoxy) is 4. The van der Waals surface area contributed by atoms with Gasteiger partial charge in [0.05, 0.1) is 26.4 Å². The maximum Gasteiger partial charge on any atom is 0.164 e. The molecule has 5 nitrogen and oxygen atoms in total. The number of benzene rings is 1. The van der Waals surface area contributed by atoms with Gasteiger partial charge in [0.25, 0.3) is 0 Å². The number of fused-ring (bicyclic) bond motifs is 1. The Morgan fingerprint density at radius 3 is 2.76 bits per heavy atom. The molecule has 2 saturated heterocycles. The van der Waals surface area contributed by atoms with Crippen LogP contribution in [0.3, 0.4) is 0 Å². The first-order valence-electron chi connectivity index (χ1n) is 7.27. The highest BCUT2D eigenvalue weighted by molar-refractivity contribution is 5.13. The van der Waals surface area contributed by atoms with Gasteiger partial charge in [0.1, 0.15) is 17.8 Å². The molecule has 2 heterocycles. The zero-order valence-electron chi connectivity index (χ0n) is 12.5. The fraction of sp³-hybridized carbons (Fsp3) is 0.625. The van der Waals surface area contributed by atoms with Gasteiger partial charge in [0.2, 0.25) is 0 Å². The van der Waals surface area contributed by atoms with Crippen LogP contribution in [0.1, 0.15) is 19.4 Å². The zero-order valence-corrected chi connectivity index (χ0v) is 12.5. The first kappa shape index (κ1) is 14.9. The van der Waals surface area contributed by atoms with Gasteiger partial charge in [-0.15, -0.1) is 0 Å². The van der Waals surface area contributed by atoms with E-state index in [1.54, 1.807) is 0 Å². The molecular formula is C16H22O5. The highest BCUT2D eigenvalue weighted by Gasteiger charge is 2.60. The Labute approximate surface area is 124 Å². The molecule has 1 aromatic rings. The summed E-state index contributed by atoms with van der Waals surface area (Å²) in [6.07, 6.45) is -0.518. The van der Waals surface area contributed by atoms with Crippen LogP contribution < -0.4 is 0 Å². The molecule has 2 fully saturated rings. The largest absolute Gasteiger partial charge is 0.393 e. The molecule has 0 radical (unpaired) electrons. The summed E-state index contributed by atoms with van der Waals surface area (Å²) in [6, 6.07) is 9.98. The predicted molar refractivity (Wildman–Crippen MR) is 75.7 cm³/mol. The number of hydrogen-bond acceptors (Lipinski definition) is 5. The van der Waals surface area contributed by atoms with E-state index in [1.807, 2.05) is 44.2 Å². The second-order valence-corrected chi connectivity index (χ2v) is 6.11. The SMILES string of the molecule is CC1(C)OC2[C@@H](COCc3ccccc3)OCC2(CO)O1. The summed E-state index contributed by atoms with van der Waals surface area (Å²) in [6.45, 7) is 4.87. The van der Waals surface area contributed by atoms with Crippen molar-refractivity contribution in [3.63, 3.8) is 0 Å². The average molecular weight is 294 g/mol. The summed E-state index contributed by atoms with van der Waals surface area (Å²) < 4.78 is 23.2. The van der Waals surface area contributed by atoms with E-state index in [-0.39, 0.29) is 18.8 Å². The van der Waals surface area contributed by atoms with Gasteiger partial charge in [-0.2, -0.15) is 0 Å². The van der Waals surface area contributed by atoms with Crippen molar-refractivity contribution in [3.8, 4) is 0 Å². The third-order valence-electron chi connectivity index (χ3n) is 3.92. The van der Waals surface area contributed by atoms with Crippen LogP contribution in [-0.4, -0.2) is 48.5 Å². The van der Waals surface area contributed by atoms with Gasteiger partial charge in [-0.1, -0.05) is 30.3 Å². The molecule has 0 aromatic heterocycles. The maximum atomic E-state index is 9.65. The third-order valence-corrected chi connectivity index (χ3v) is 3.92. The van der Waals surface area contributed by atoms with Crippen LogP contribution in [0, 0.1) is 0 Å². The van der Waals surface area contributed by atoms with Crippen LogP contribution in [0.25, 0.3) is 0 Å². The Bertz CT molecular complexity index is 475. The second-order valence-electron chi connectivity index (χ2n) is 6.11. The minimum atomic E-state index is -0.760. The van der Waals surface area contributed by atoms with Gasteiger partial charge in [0, 0.05) is 0 Å². The molecule has 2 aliphatic rings. The molecule has 21 heavy (non-hydrogen) atoms. The third kappa shape index (κ3) is 2.98. The van der Waals surface area contributed by atoms with Crippen molar-refractivity contribution in [2.75, 3.05) is 19.8 Å². The smallest absolute Gasteiger partial charge is 0.164 e. The van der Waals surface area contributed by atoms with Gasteiger partial charge >= 0.3 is 0 Å². The van der Waals surface area contributed by atoms with E-state index in [0.717, 1.165) is 5.56 Å². The van der Waals surface area contributed by atoms with Crippen LogP contribution in [0.15, 0.2) is 30.3 Å². The lowest BCUT2D eigenvalue weighted by molar-refractivity contribution is -0.198. The van der Waals surface area contributed by atoms with Gasteiger partial charge in [-0.3, -0.25) is 0 Å². The quantitative estimate of drug-likeness (QED) is 0.891. The number of aliphatic hydroxyl groups excluding tert-OH is 1. The van der Waals surface area contributed by atoms with Gasteiger partial charge in [-0.25, -0.2) is 0 Å². The minimum absolute atomic E-state index is 0.115. The molecule has 3 atom stereocenters. The minimum Gasteiger partial charge on any atom is -0.393 e. The molecule has 0 saturated carbocycles. The van der Waals surface area contributed by atoms with Crippen molar-refractivity contribution >= 4 is 0 Å². The lowest BCUT2D eigenvalue weighted by Crippen LogP contribution is -2.45. The highest BCUT2D eigenvalue weighted by Crippen LogP contribution is 2.43. The first-order chi connectivity index (χ1) is 10.0. The normalized spacial score (nSPS) is 34.0. The predicted octanol–water partition coefficient (Wildman–Crippen LogP) is 1.48. The summed E-state index contributed by atoms with van der Waals surface area (Å²) >= 11 is 0. The van der Waals surface area contributed by atoms with E-state index in [1.165, 1.54) is 0 Å². The topological polar surface area (TPSA) is 57.2 Å². The number of hydrogen-bond donors (Lipinski definition) is 1. The van der Waals surface area contributed by atoms with Crippen molar-refractivity contribution in [1.29, 1.82) is 0 Å². The molecule has 1 N–H and O–H groups in total. The summed E-state index contributed by atoms with van der Waals surface area (Å²) in [4.78, 5) is 0. The maximum absolute atomic E-state index is 9.65. The van der Waals surface area contributed by atoms with E-state index in [4.69, 9.17) is 18.9 Å². The molecule has 3 rings (SSSR count). The number of rotatable bonds is 5. The Hall–Kier alpha value is -0.980. The Balaban J connectivity index is 1.57. The van der Waals surface area contributed by atoms with E-state index < -0.39 is 11.4 Å². The van der Waals surface area contributed by atoms with Crippen LogP contribution in [0.4, 0.5) is 0 Å². The molecule has 116 valence electrons. The summed E-state index contributed by atoms with van der Waals surface area (Å²) in [5.74, 6) is -0.700. The summed E-state index contributed by atoms with van der Waals surface area (Å²) in [7, 11) is 0. The van der Waals surface area contributed by atoms with Crippen molar-refractivity contribution in [2.24, 2.45) is 0 Å². The fourth-order valence-electron chi connectivity index (χ4n) is 3.02. The lowest BCUT2D eigenvalue weighted by Gasteiger charge is -2.24. The van der Waals surface area contributed by atoms with E-state index in [0.29, 0.717) is 19.8 Å². The molecule has 0 bridgehead atoms. The van der Waals surface area contributed by atoms with Crippen LogP contribution in [0.5, 0.6) is 0 Å².